The second-order valence-corrected chi connectivity index (χ2v) is 7.16. The van der Waals surface area contributed by atoms with E-state index in [1.807, 2.05) is 0 Å². The van der Waals surface area contributed by atoms with E-state index >= 15 is 0 Å². The molecule has 0 bridgehead atoms. The van der Waals surface area contributed by atoms with Crippen LogP contribution in [0.4, 0.5) is 0 Å². The Kier molecular flexibility index (Phi) is 31.2. The van der Waals surface area contributed by atoms with E-state index in [1.54, 1.807) is 0 Å². The first-order valence-corrected chi connectivity index (χ1v) is 10.8. The first kappa shape index (κ1) is 48.3. The van der Waals surface area contributed by atoms with Crippen LogP contribution in [0, 0.1) is 0 Å². The number of carboxylic acids is 4. The number of aliphatic carboxylic acids is 4. The molecule has 0 spiro atoms. The van der Waals surface area contributed by atoms with Gasteiger partial charge in [0.05, 0.1) is 13.2 Å². The molecule has 0 fully saturated rings. The summed E-state index contributed by atoms with van der Waals surface area (Å²) in [7, 11) is 0. The van der Waals surface area contributed by atoms with Crippen LogP contribution in [-0.2, 0) is 28.8 Å². The zero-order chi connectivity index (χ0) is 32.9. The quantitative estimate of drug-likeness (QED) is 0.0634. The summed E-state index contributed by atoms with van der Waals surface area (Å²) >= 11 is 0. The Morgan fingerprint density at radius 3 is 0.854 bits per heavy atom. The number of rotatable bonds is 14. The van der Waals surface area contributed by atoms with Crippen molar-refractivity contribution in [3.05, 3.63) is 0 Å². The van der Waals surface area contributed by atoms with Crippen molar-refractivity contribution in [1.29, 1.82) is 0 Å². The second-order valence-electron chi connectivity index (χ2n) is 7.16. The monoisotopic (exact) mass is 618 g/mol. The topological polar surface area (TPSA) is 391 Å². The molecule has 0 aliphatic rings. The Balaban J connectivity index is -0.000000145. The van der Waals surface area contributed by atoms with Gasteiger partial charge in [-0.15, -0.1) is 0 Å². The van der Waals surface area contributed by atoms with E-state index in [-0.39, 0.29) is 35.9 Å². The fourth-order valence-corrected chi connectivity index (χ4v) is 1.63. The van der Waals surface area contributed by atoms with Crippen molar-refractivity contribution < 1.29 is 100 Å². The molecule has 236 valence electrons. The van der Waals surface area contributed by atoms with Crippen LogP contribution in [-0.4, -0.2) is 182 Å². The summed E-state index contributed by atoms with van der Waals surface area (Å²) < 4.78 is 0. The third-order valence-corrected chi connectivity index (χ3v) is 4.11. The number of Topliss-reactive ketones (excluding diaryl/α,β-unsaturated/α-hetero) is 2. The van der Waals surface area contributed by atoms with Crippen molar-refractivity contribution in [1.82, 2.24) is 0 Å². The smallest absolute Gasteiger partial charge is 0.542 e. The van der Waals surface area contributed by atoms with Gasteiger partial charge >= 0.3 is 35.0 Å². The summed E-state index contributed by atoms with van der Waals surface area (Å²) in [6.45, 7) is 1.26. The predicted octanol–water partition coefficient (Wildman–Crippen LogP) is -9.94. The molecular formula is C20H34MgO20. The summed E-state index contributed by atoms with van der Waals surface area (Å²) in [6, 6.07) is 0. The minimum absolute atomic E-state index is 0. The molecule has 0 aliphatic carbocycles. The third-order valence-electron chi connectivity index (χ3n) is 4.11. The van der Waals surface area contributed by atoms with Gasteiger partial charge in [0.25, 0.3) is 0 Å². The number of carbonyl (C=O) groups excluding carboxylic acids is 4. The average molecular weight is 619 g/mol. The van der Waals surface area contributed by atoms with Crippen LogP contribution in [0.15, 0.2) is 0 Å². The largest absolute Gasteiger partial charge is 2.00 e. The molecule has 12 N–H and O–H groups in total. The molecule has 0 saturated carbocycles. The fourth-order valence-electron chi connectivity index (χ4n) is 1.63. The molecular weight excluding hydrogens is 585 g/mol. The maximum Gasteiger partial charge on any atom is 2.00 e. The summed E-state index contributed by atoms with van der Waals surface area (Å²) in [6.07, 6.45) is -15.6. The van der Waals surface area contributed by atoms with Gasteiger partial charge in [-0.1, -0.05) is 13.8 Å². The minimum atomic E-state index is -2.20. The Morgan fingerprint density at radius 1 is 0.537 bits per heavy atom. The Labute approximate surface area is 247 Å². The standard InChI is InChI=1S/2C6H12O7.2C4H6O3.Mg/c2*7-1-2(8)3(9)4(10)5(11)6(12)13;2*1-2-3(5)4(6)7;/h2*2-5,7-11H,1H2,(H,12,13);2*2H2,1H3,(H,6,7);/q;;;;+2/p-2/t2*2-,3-,4+,5-;;;/m11.../s1. The van der Waals surface area contributed by atoms with Crippen molar-refractivity contribution in [3.8, 4) is 0 Å². The van der Waals surface area contributed by atoms with Crippen LogP contribution < -0.4 is 10.2 Å². The molecule has 0 aromatic rings. The summed E-state index contributed by atoms with van der Waals surface area (Å²) in [5.74, 6) is -8.33. The van der Waals surface area contributed by atoms with Gasteiger partial charge in [0, 0.05) is 12.8 Å². The van der Waals surface area contributed by atoms with Crippen LogP contribution in [0.25, 0.3) is 0 Å². The van der Waals surface area contributed by atoms with Gasteiger partial charge in [-0.25, -0.2) is 9.59 Å². The molecule has 0 unspecified atom stereocenters. The molecule has 0 aliphatic heterocycles. The van der Waals surface area contributed by atoms with Gasteiger partial charge < -0.3 is 81.1 Å². The fraction of sp³-hybridized carbons (Fsp3) is 0.700. The van der Waals surface area contributed by atoms with Gasteiger partial charge in [-0.3, -0.25) is 9.59 Å². The maximum atomic E-state index is 10.1. The molecule has 0 rings (SSSR count). The van der Waals surface area contributed by atoms with Crippen LogP contribution in [0.3, 0.4) is 0 Å². The molecule has 0 saturated heterocycles. The van der Waals surface area contributed by atoms with Gasteiger partial charge in [-0.2, -0.15) is 0 Å². The minimum Gasteiger partial charge on any atom is -0.542 e. The number of ketones is 2. The maximum absolute atomic E-state index is 10.1. The molecule has 0 amide bonds. The summed E-state index contributed by atoms with van der Waals surface area (Å²) in [4.78, 5) is 58.8. The van der Waals surface area contributed by atoms with E-state index in [9.17, 15) is 39.0 Å². The van der Waals surface area contributed by atoms with Gasteiger partial charge in [0.2, 0.25) is 0 Å². The summed E-state index contributed by atoms with van der Waals surface area (Å²) in [5.41, 5.74) is 0. The molecule has 21 heteroatoms. The summed E-state index contributed by atoms with van der Waals surface area (Å²) in [5, 5.41) is 123. The van der Waals surface area contributed by atoms with Gasteiger partial charge in [-0.05, 0) is 0 Å². The molecule has 8 atom stereocenters. The van der Waals surface area contributed by atoms with E-state index in [1.165, 1.54) is 13.8 Å². The molecule has 0 aromatic heterocycles. The number of carbonyl (C=O) groups is 6. The second kappa shape index (κ2) is 26.5. The average Bonchev–Trinajstić information content (AvgIpc) is 2.93. The third kappa shape index (κ3) is 22.9. The van der Waals surface area contributed by atoms with E-state index in [0.29, 0.717) is 0 Å². The van der Waals surface area contributed by atoms with Crippen molar-refractivity contribution in [2.75, 3.05) is 13.2 Å². The first-order valence-electron chi connectivity index (χ1n) is 10.8. The molecule has 0 aromatic carbocycles. The van der Waals surface area contributed by atoms with E-state index in [2.05, 4.69) is 0 Å². The molecule has 0 heterocycles. The Hall–Kier alpha value is -2.41. The van der Waals surface area contributed by atoms with E-state index in [4.69, 9.17) is 61.3 Å². The zero-order valence-electron chi connectivity index (χ0n) is 21.8. The van der Waals surface area contributed by atoms with Crippen molar-refractivity contribution in [2.45, 2.75) is 75.5 Å². The van der Waals surface area contributed by atoms with Crippen molar-refractivity contribution in [2.24, 2.45) is 0 Å². The van der Waals surface area contributed by atoms with Crippen molar-refractivity contribution in [3.63, 3.8) is 0 Å². The van der Waals surface area contributed by atoms with Crippen molar-refractivity contribution >= 4 is 58.5 Å². The normalized spacial score (nSPS) is 15.7. The predicted molar refractivity (Wildman–Crippen MR) is 124 cm³/mol. The number of aliphatic hydroxyl groups is 10. The Morgan fingerprint density at radius 2 is 0.756 bits per heavy atom. The van der Waals surface area contributed by atoms with Crippen LogP contribution >= 0.6 is 0 Å². The molecule has 20 nitrogen and oxygen atoms in total. The first-order chi connectivity index (χ1) is 18.2. The van der Waals surface area contributed by atoms with E-state index in [0.717, 1.165) is 0 Å². The number of hydrogen-bond donors (Lipinski definition) is 12. The SMILES string of the molecule is CCC(=O)C(=O)[O-].CCC(=O)C(=O)[O-].O=C(O)[C@H](O)[C@@H](O)[C@H](O)[C@H](O)CO.O=C(O)[C@H](O)[C@@H](O)[C@H](O)[C@H](O)CO.[Mg+2]. The zero-order valence-corrected chi connectivity index (χ0v) is 23.2. The van der Waals surface area contributed by atoms with Crippen LogP contribution in [0.2, 0.25) is 0 Å². The van der Waals surface area contributed by atoms with E-state index < -0.39 is 97.5 Å². The molecule has 0 radical (unpaired) electrons. The van der Waals surface area contributed by atoms with Gasteiger partial charge in [0.15, 0.2) is 23.8 Å². The number of aliphatic hydroxyl groups excluding tert-OH is 10. The van der Waals surface area contributed by atoms with Gasteiger partial charge in [0.1, 0.15) is 48.6 Å². The van der Waals surface area contributed by atoms with Crippen LogP contribution in [0.1, 0.15) is 26.7 Å². The molecule has 41 heavy (non-hydrogen) atoms. The van der Waals surface area contributed by atoms with Crippen LogP contribution in [0.5, 0.6) is 0 Å². The number of hydrogen-bond acceptors (Lipinski definition) is 18. The Bertz CT molecular complexity index is 727. The number of carboxylic acid groups (broad SMARTS) is 4.